The molecule has 1 heterocycles. The van der Waals surface area contributed by atoms with Gasteiger partial charge in [0.25, 0.3) is 0 Å². The van der Waals surface area contributed by atoms with Crippen LogP contribution in [0.4, 0.5) is 0 Å². The standard InChI is InChI=1S/C14H19NO/c1-16-14-6-2-4-10-9-13-11(8-12(10)14)5-3-7-15-13/h2,4,6,11,13,15H,3,5,7-9H2,1H3/t11-,13+/m0/s1. The zero-order valence-electron chi connectivity index (χ0n) is 9.83. The van der Waals surface area contributed by atoms with Gasteiger partial charge in [0.15, 0.2) is 0 Å². The van der Waals surface area contributed by atoms with E-state index in [0.717, 1.165) is 11.7 Å². The summed E-state index contributed by atoms with van der Waals surface area (Å²) in [5.41, 5.74) is 2.94. The third-order valence-corrected chi connectivity index (χ3v) is 4.08. The molecule has 1 aromatic rings. The number of fused-ring (bicyclic) bond motifs is 2. The van der Waals surface area contributed by atoms with Gasteiger partial charge in [0, 0.05) is 6.04 Å². The van der Waals surface area contributed by atoms with Crippen molar-refractivity contribution in [1.82, 2.24) is 5.32 Å². The molecular weight excluding hydrogens is 198 g/mol. The van der Waals surface area contributed by atoms with Crippen molar-refractivity contribution in [2.75, 3.05) is 13.7 Å². The molecule has 0 unspecified atom stereocenters. The molecule has 3 rings (SSSR count). The predicted molar refractivity (Wildman–Crippen MR) is 64.9 cm³/mol. The number of hydrogen-bond acceptors (Lipinski definition) is 2. The minimum Gasteiger partial charge on any atom is -0.496 e. The molecule has 86 valence electrons. The van der Waals surface area contributed by atoms with Crippen LogP contribution in [-0.2, 0) is 12.8 Å². The summed E-state index contributed by atoms with van der Waals surface area (Å²) < 4.78 is 5.47. The van der Waals surface area contributed by atoms with Crippen LogP contribution in [0.25, 0.3) is 0 Å². The molecule has 2 aliphatic rings. The lowest BCUT2D eigenvalue weighted by Gasteiger charge is -2.37. The van der Waals surface area contributed by atoms with Crippen LogP contribution in [0.3, 0.4) is 0 Å². The lowest BCUT2D eigenvalue weighted by atomic mass is 9.76. The van der Waals surface area contributed by atoms with E-state index in [1.165, 1.54) is 43.4 Å². The van der Waals surface area contributed by atoms with Gasteiger partial charge < -0.3 is 10.1 Å². The molecule has 1 aliphatic carbocycles. The summed E-state index contributed by atoms with van der Waals surface area (Å²) in [4.78, 5) is 0. The van der Waals surface area contributed by atoms with Crippen molar-refractivity contribution in [2.24, 2.45) is 5.92 Å². The van der Waals surface area contributed by atoms with E-state index in [1.54, 1.807) is 7.11 Å². The maximum atomic E-state index is 5.47. The average molecular weight is 217 g/mol. The van der Waals surface area contributed by atoms with Crippen LogP contribution in [0.2, 0.25) is 0 Å². The van der Waals surface area contributed by atoms with Crippen LogP contribution < -0.4 is 10.1 Å². The maximum absolute atomic E-state index is 5.47. The molecule has 1 N–H and O–H groups in total. The maximum Gasteiger partial charge on any atom is 0.122 e. The van der Waals surface area contributed by atoms with Crippen LogP contribution in [0.5, 0.6) is 5.75 Å². The summed E-state index contributed by atoms with van der Waals surface area (Å²) in [6.07, 6.45) is 5.06. The Hall–Kier alpha value is -1.02. The number of hydrogen-bond donors (Lipinski definition) is 1. The van der Waals surface area contributed by atoms with Crippen molar-refractivity contribution in [2.45, 2.75) is 31.7 Å². The van der Waals surface area contributed by atoms with Crippen LogP contribution >= 0.6 is 0 Å². The second-order valence-corrected chi connectivity index (χ2v) is 4.97. The van der Waals surface area contributed by atoms with Crippen LogP contribution in [-0.4, -0.2) is 19.7 Å². The zero-order chi connectivity index (χ0) is 11.0. The van der Waals surface area contributed by atoms with E-state index in [0.29, 0.717) is 6.04 Å². The number of methoxy groups -OCH3 is 1. The Balaban J connectivity index is 1.95. The molecule has 2 atom stereocenters. The Kier molecular flexibility index (Phi) is 2.60. The summed E-state index contributed by atoms with van der Waals surface area (Å²) >= 11 is 0. The molecule has 1 saturated heterocycles. The molecule has 16 heavy (non-hydrogen) atoms. The second kappa shape index (κ2) is 4.10. The van der Waals surface area contributed by atoms with Crippen molar-refractivity contribution in [3.63, 3.8) is 0 Å². The molecule has 0 saturated carbocycles. The molecule has 1 aliphatic heterocycles. The molecule has 1 fully saturated rings. The third-order valence-electron chi connectivity index (χ3n) is 4.08. The first kappa shape index (κ1) is 10.2. The summed E-state index contributed by atoms with van der Waals surface area (Å²) in [6.45, 7) is 1.19. The van der Waals surface area contributed by atoms with Gasteiger partial charge in [-0.15, -0.1) is 0 Å². The van der Waals surface area contributed by atoms with Gasteiger partial charge >= 0.3 is 0 Å². The number of rotatable bonds is 1. The number of ether oxygens (including phenoxy) is 1. The van der Waals surface area contributed by atoms with Crippen LogP contribution in [0, 0.1) is 5.92 Å². The summed E-state index contributed by atoms with van der Waals surface area (Å²) in [6, 6.07) is 7.16. The topological polar surface area (TPSA) is 21.3 Å². The first-order valence-electron chi connectivity index (χ1n) is 6.26. The van der Waals surface area contributed by atoms with Gasteiger partial charge in [-0.05, 0) is 55.3 Å². The Morgan fingerprint density at radius 3 is 3.12 bits per heavy atom. The number of piperidine rings is 1. The summed E-state index contributed by atoms with van der Waals surface area (Å²) in [5, 5.41) is 3.66. The predicted octanol–water partition coefficient (Wildman–Crippen LogP) is 2.16. The molecule has 1 aromatic carbocycles. The number of nitrogens with one attached hydrogen (secondary N) is 1. The summed E-state index contributed by atoms with van der Waals surface area (Å²) in [5.74, 6) is 1.90. The Morgan fingerprint density at radius 2 is 2.25 bits per heavy atom. The van der Waals surface area contributed by atoms with E-state index in [1.807, 2.05) is 0 Å². The molecule has 0 spiro atoms. The van der Waals surface area contributed by atoms with Gasteiger partial charge in [-0.3, -0.25) is 0 Å². The van der Waals surface area contributed by atoms with Gasteiger partial charge in [0.1, 0.15) is 5.75 Å². The minimum atomic E-state index is 0.702. The van der Waals surface area contributed by atoms with Crippen LogP contribution in [0.15, 0.2) is 18.2 Å². The van der Waals surface area contributed by atoms with Gasteiger partial charge in [-0.25, -0.2) is 0 Å². The summed E-state index contributed by atoms with van der Waals surface area (Å²) in [7, 11) is 1.78. The second-order valence-electron chi connectivity index (χ2n) is 4.97. The first-order valence-corrected chi connectivity index (χ1v) is 6.26. The van der Waals surface area contributed by atoms with Crippen molar-refractivity contribution in [3.05, 3.63) is 29.3 Å². The van der Waals surface area contributed by atoms with Gasteiger partial charge in [-0.1, -0.05) is 12.1 Å². The van der Waals surface area contributed by atoms with E-state index in [2.05, 4.69) is 23.5 Å². The first-order chi connectivity index (χ1) is 7.88. The largest absolute Gasteiger partial charge is 0.496 e. The number of benzene rings is 1. The molecule has 0 aromatic heterocycles. The third kappa shape index (κ3) is 1.61. The highest BCUT2D eigenvalue weighted by atomic mass is 16.5. The highest BCUT2D eigenvalue weighted by molar-refractivity contribution is 5.43. The molecule has 0 amide bonds. The molecule has 0 radical (unpaired) electrons. The van der Waals surface area contributed by atoms with E-state index >= 15 is 0 Å². The van der Waals surface area contributed by atoms with Crippen molar-refractivity contribution < 1.29 is 4.74 Å². The smallest absolute Gasteiger partial charge is 0.122 e. The minimum absolute atomic E-state index is 0.702. The van der Waals surface area contributed by atoms with Gasteiger partial charge in [-0.2, -0.15) is 0 Å². The fraction of sp³-hybridized carbons (Fsp3) is 0.571. The van der Waals surface area contributed by atoms with Gasteiger partial charge in [0.2, 0.25) is 0 Å². The Labute approximate surface area is 97.0 Å². The lowest BCUT2D eigenvalue weighted by Crippen LogP contribution is -2.46. The fourth-order valence-electron chi connectivity index (χ4n) is 3.23. The zero-order valence-corrected chi connectivity index (χ0v) is 9.83. The van der Waals surface area contributed by atoms with Crippen molar-refractivity contribution in [3.8, 4) is 5.75 Å². The average Bonchev–Trinajstić information content (AvgIpc) is 2.35. The quantitative estimate of drug-likeness (QED) is 0.778. The molecule has 0 bridgehead atoms. The fourth-order valence-corrected chi connectivity index (χ4v) is 3.23. The molecule has 2 nitrogen and oxygen atoms in total. The SMILES string of the molecule is COc1cccc2c1C[C@@H]1CCCN[C@@H]1C2. The van der Waals surface area contributed by atoms with E-state index in [4.69, 9.17) is 4.74 Å². The van der Waals surface area contributed by atoms with Crippen LogP contribution in [0.1, 0.15) is 24.0 Å². The Bertz CT molecular complexity index is 388. The van der Waals surface area contributed by atoms with E-state index < -0.39 is 0 Å². The lowest BCUT2D eigenvalue weighted by molar-refractivity contribution is 0.259. The highest BCUT2D eigenvalue weighted by Gasteiger charge is 2.31. The molecule has 2 heteroatoms. The highest BCUT2D eigenvalue weighted by Crippen LogP contribution is 2.35. The van der Waals surface area contributed by atoms with E-state index in [-0.39, 0.29) is 0 Å². The molecular formula is C14H19NO. The van der Waals surface area contributed by atoms with Crippen molar-refractivity contribution >= 4 is 0 Å². The Morgan fingerprint density at radius 1 is 1.31 bits per heavy atom. The monoisotopic (exact) mass is 217 g/mol. The van der Waals surface area contributed by atoms with Gasteiger partial charge in [0.05, 0.1) is 7.11 Å². The van der Waals surface area contributed by atoms with E-state index in [9.17, 15) is 0 Å². The normalized spacial score (nSPS) is 28.1. The van der Waals surface area contributed by atoms with Crippen molar-refractivity contribution in [1.29, 1.82) is 0 Å².